The van der Waals surface area contributed by atoms with Gasteiger partial charge in [-0.05, 0) is 36.4 Å². The van der Waals surface area contributed by atoms with Crippen LogP contribution in [-0.4, -0.2) is 19.7 Å². The van der Waals surface area contributed by atoms with Gasteiger partial charge in [0.05, 0.1) is 0 Å². The summed E-state index contributed by atoms with van der Waals surface area (Å²) in [7, 11) is -1.83. The SMILES string of the molecule is CC(C)CCCC(C)CC(O)O[Si](C)(C)C(C)(C)C. The van der Waals surface area contributed by atoms with Crippen LogP contribution < -0.4 is 0 Å². The summed E-state index contributed by atoms with van der Waals surface area (Å²) < 4.78 is 5.99. The molecule has 0 heterocycles. The molecule has 0 aliphatic rings. The van der Waals surface area contributed by atoms with Crippen molar-refractivity contribution in [2.24, 2.45) is 11.8 Å². The van der Waals surface area contributed by atoms with Crippen molar-refractivity contribution in [2.45, 2.75) is 91.6 Å². The van der Waals surface area contributed by atoms with E-state index in [1.54, 1.807) is 0 Å². The lowest BCUT2D eigenvalue weighted by Gasteiger charge is -2.38. The van der Waals surface area contributed by atoms with Gasteiger partial charge in [0.2, 0.25) is 0 Å². The van der Waals surface area contributed by atoms with Crippen LogP contribution in [0.4, 0.5) is 0 Å². The smallest absolute Gasteiger partial charge is 0.195 e. The molecule has 2 nitrogen and oxygen atoms in total. The highest BCUT2D eigenvalue weighted by Gasteiger charge is 2.39. The normalized spacial score (nSPS) is 16.7. The summed E-state index contributed by atoms with van der Waals surface area (Å²) in [4.78, 5) is 0. The molecule has 0 amide bonds. The first-order valence-corrected chi connectivity index (χ1v) is 10.7. The summed E-state index contributed by atoms with van der Waals surface area (Å²) >= 11 is 0. The van der Waals surface area contributed by atoms with Crippen LogP contribution >= 0.6 is 0 Å². The molecule has 0 aromatic carbocycles. The Morgan fingerprint density at radius 2 is 1.58 bits per heavy atom. The van der Waals surface area contributed by atoms with Crippen LogP contribution in [0.5, 0.6) is 0 Å². The zero-order valence-electron chi connectivity index (χ0n) is 14.4. The average Bonchev–Trinajstić information content (AvgIpc) is 2.13. The van der Waals surface area contributed by atoms with E-state index in [4.69, 9.17) is 4.43 Å². The molecule has 0 aliphatic carbocycles. The molecule has 0 radical (unpaired) electrons. The van der Waals surface area contributed by atoms with Crippen molar-refractivity contribution in [2.75, 3.05) is 0 Å². The maximum Gasteiger partial charge on any atom is 0.195 e. The van der Waals surface area contributed by atoms with Gasteiger partial charge in [-0.2, -0.15) is 0 Å². The topological polar surface area (TPSA) is 29.5 Å². The summed E-state index contributed by atoms with van der Waals surface area (Å²) in [5.74, 6) is 1.32. The minimum atomic E-state index is -1.83. The maximum atomic E-state index is 10.1. The van der Waals surface area contributed by atoms with Gasteiger partial charge in [0.15, 0.2) is 8.32 Å². The molecule has 0 saturated carbocycles. The third-order valence-electron chi connectivity index (χ3n) is 4.32. The van der Waals surface area contributed by atoms with Crippen LogP contribution in [0.3, 0.4) is 0 Å². The molecule has 0 aromatic heterocycles. The van der Waals surface area contributed by atoms with E-state index in [1.807, 2.05) is 0 Å². The van der Waals surface area contributed by atoms with E-state index in [-0.39, 0.29) is 5.04 Å². The maximum absolute atomic E-state index is 10.1. The molecule has 0 saturated heterocycles. The number of rotatable bonds is 8. The molecule has 0 bridgehead atoms. The van der Waals surface area contributed by atoms with Crippen LogP contribution in [0.15, 0.2) is 0 Å². The van der Waals surface area contributed by atoms with Gasteiger partial charge in [-0.1, -0.05) is 60.8 Å². The van der Waals surface area contributed by atoms with Gasteiger partial charge in [0.25, 0.3) is 0 Å². The minimum absolute atomic E-state index is 0.162. The van der Waals surface area contributed by atoms with Gasteiger partial charge in [0, 0.05) is 0 Å². The Kier molecular flexibility index (Phi) is 7.85. The fourth-order valence-electron chi connectivity index (χ4n) is 1.90. The lowest BCUT2D eigenvalue weighted by atomic mass is 9.97. The highest BCUT2D eigenvalue weighted by Crippen LogP contribution is 2.37. The van der Waals surface area contributed by atoms with Crippen molar-refractivity contribution in [3.05, 3.63) is 0 Å². The monoisotopic (exact) mass is 288 g/mol. The van der Waals surface area contributed by atoms with E-state index >= 15 is 0 Å². The summed E-state index contributed by atoms with van der Waals surface area (Å²) in [6, 6.07) is 0. The predicted molar refractivity (Wildman–Crippen MR) is 86.8 cm³/mol. The van der Waals surface area contributed by atoms with Gasteiger partial charge in [0.1, 0.15) is 6.29 Å². The zero-order chi connectivity index (χ0) is 15.3. The van der Waals surface area contributed by atoms with E-state index in [1.165, 1.54) is 19.3 Å². The number of hydrogen-bond acceptors (Lipinski definition) is 2. The van der Waals surface area contributed by atoms with E-state index in [0.29, 0.717) is 5.92 Å². The molecule has 3 heteroatoms. The quantitative estimate of drug-likeness (QED) is 0.492. The lowest BCUT2D eigenvalue weighted by molar-refractivity contribution is -0.0440. The number of hydrogen-bond donors (Lipinski definition) is 1. The Bertz CT molecular complexity index is 244. The molecule has 116 valence electrons. The summed E-state index contributed by atoms with van der Waals surface area (Å²) in [5.41, 5.74) is 0. The van der Waals surface area contributed by atoms with E-state index < -0.39 is 14.6 Å². The molecule has 1 N–H and O–H groups in total. The van der Waals surface area contributed by atoms with Crippen molar-refractivity contribution < 1.29 is 9.53 Å². The lowest BCUT2D eigenvalue weighted by Crippen LogP contribution is -2.44. The summed E-state index contributed by atoms with van der Waals surface area (Å²) in [5, 5.41) is 10.3. The molecule has 2 unspecified atom stereocenters. The first-order valence-electron chi connectivity index (χ1n) is 7.81. The van der Waals surface area contributed by atoms with Gasteiger partial charge in [-0.3, -0.25) is 0 Å². The third-order valence-corrected chi connectivity index (χ3v) is 8.79. The van der Waals surface area contributed by atoms with E-state index in [9.17, 15) is 5.11 Å². The molecule has 0 aromatic rings. The highest BCUT2D eigenvalue weighted by atomic mass is 28.4. The van der Waals surface area contributed by atoms with Crippen LogP contribution in [0.25, 0.3) is 0 Å². The average molecular weight is 289 g/mol. The van der Waals surface area contributed by atoms with Gasteiger partial charge in [-0.25, -0.2) is 0 Å². The molecule has 2 atom stereocenters. The third kappa shape index (κ3) is 8.11. The van der Waals surface area contributed by atoms with Crippen molar-refractivity contribution in [3.8, 4) is 0 Å². The van der Waals surface area contributed by atoms with Crippen molar-refractivity contribution in [1.82, 2.24) is 0 Å². The number of aliphatic hydroxyl groups is 1. The largest absolute Gasteiger partial charge is 0.392 e. The van der Waals surface area contributed by atoms with Gasteiger partial charge < -0.3 is 9.53 Å². The van der Waals surface area contributed by atoms with E-state index in [2.05, 4.69) is 54.6 Å². The molecule has 0 aliphatic heterocycles. The van der Waals surface area contributed by atoms with Crippen LogP contribution in [0.1, 0.15) is 67.2 Å². The van der Waals surface area contributed by atoms with E-state index in [0.717, 1.165) is 12.3 Å². The van der Waals surface area contributed by atoms with Crippen LogP contribution in [0.2, 0.25) is 18.1 Å². The second-order valence-corrected chi connectivity index (χ2v) is 12.8. The standard InChI is InChI=1S/C16H36O2Si/c1-13(2)10-9-11-14(3)12-15(17)18-19(7,8)16(4,5)6/h13-15,17H,9-12H2,1-8H3. The highest BCUT2D eigenvalue weighted by molar-refractivity contribution is 6.74. The Labute approximate surface area is 122 Å². The predicted octanol–water partition coefficient (Wildman–Crippen LogP) is 5.18. The molecule has 19 heavy (non-hydrogen) atoms. The molecular weight excluding hydrogens is 252 g/mol. The second-order valence-electron chi connectivity index (χ2n) is 8.00. The Hall–Kier alpha value is 0.137. The second kappa shape index (κ2) is 7.80. The first kappa shape index (κ1) is 19.1. The molecular formula is C16H36O2Si. The Balaban J connectivity index is 4.07. The molecule has 0 fully saturated rings. The first-order chi connectivity index (χ1) is 8.45. The van der Waals surface area contributed by atoms with Crippen LogP contribution in [0, 0.1) is 11.8 Å². The summed E-state index contributed by atoms with van der Waals surface area (Å²) in [6.45, 7) is 17.8. The van der Waals surface area contributed by atoms with Crippen molar-refractivity contribution in [1.29, 1.82) is 0 Å². The van der Waals surface area contributed by atoms with Crippen molar-refractivity contribution >= 4 is 8.32 Å². The minimum Gasteiger partial charge on any atom is -0.392 e. The molecule has 0 rings (SSSR count). The fourth-order valence-corrected chi connectivity index (χ4v) is 3.03. The van der Waals surface area contributed by atoms with Gasteiger partial charge in [-0.15, -0.1) is 0 Å². The summed E-state index contributed by atoms with van der Waals surface area (Å²) in [6.07, 6.45) is 3.91. The Morgan fingerprint density at radius 3 is 2.00 bits per heavy atom. The zero-order valence-corrected chi connectivity index (χ0v) is 15.4. The van der Waals surface area contributed by atoms with Crippen molar-refractivity contribution in [3.63, 3.8) is 0 Å². The molecule has 0 spiro atoms. The Morgan fingerprint density at radius 1 is 1.05 bits per heavy atom. The van der Waals surface area contributed by atoms with Gasteiger partial charge >= 0.3 is 0 Å². The fraction of sp³-hybridized carbons (Fsp3) is 1.00. The number of aliphatic hydroxyl groups excluding tert-OH is 1. The van der Waals surface area contributed by atoms with Crippen LogP contribution in [-0.2, 0) is 4.43 Å².